The van der Waals surface area contributed by atoms with Crippen molar-refractivity contribution >= 4 is 39.9 Å². The number of aromatic nitrogens is 1. The van der Waals surface area contributed by atoms with E-state index in [-0.39, 0.29) is 17.2 Å². The van der Waals surface area contributed by atoms with Crippen LogP contribution in [-0.2, 0) is 0 Å². The molecule has 0 saturated heterocycles. The number of H-pyrrole nitrogens is 1. The number of carbonyl (C=O) groups excluding carboxylic acids is 1. The van der Waals surface area contributed by atoms with Gasteiger partial charge in [0.1, 0.15) is 5.82 Å². The van der Waals surface area contributed by atoms with E-state index >= 15 is 0 Å². The van der Waals surface area contributed by atoms with Gasteiger partial charge in [-0.25, -0.2) is 4.39 Å². The summed E-state index contributed by atoms with van der Waals surface area (Å²) in [6.45, 7) is 0. The number of hydrogen-bond acceptors (Lipinski definition) is 1. The average molecular weight is 308 g/mol. The second kappa shape index (κ2) is 4.93. The third kappa shape index (κ3) is 2.09. The highest BCUT2D eigenvalue weighted by molar-refractivity contribution is 6.41. The fourth-order valence-corrected chi connectivity index (χ4v) is 2.70. The first-order valence-electron chi connectivity index (χ1n) is 5.83. The Morgan fingerprint density at radius 3 is 2.50 bits per heavy atom. The summed E-state index contributed by atoms with van der Waals surface area (Å²) >= 11 is 12.1. The molecule has 0 aliphatic carbocycles. The topological polar surface area (TPSA) is 32.9 Å². The highest BCUT2D eigenvalue weighted by Crippen LogP contribution is 2.29. The lowest BCUT2D eigenvalue weighted by Gasteiger charge is -2.05. The summed E-state index contributed by atoms with van der Waals surface area (Å²) in [6.07, 6.45) is 1.53. The van der Waals surface area contributed by atoms with Crippen LogP contribution in [0.5, 0.6) is 0 Å². The molecule has 0 saturated carbocycles. The number of carbonyl (C=O) groups is 1. The van der Waals surface area contributed by atoms with Gasteiger partial charge in [-0.2, -0.15) is 0 Å². The van der Waals surface area contributed by atoms with Gasteiger partial charge in [-0.15, -0.1) is 0 Å². The number of ketones is 1. The smallest absolute Gasteiger partial charge is 0.198 e. The summed E-state index contributed by atoms with van der Waals surface area (Å²) in [6, 6.07) is 9.08. The molecule has 0 amide bonds. The summed E-state index contributed by atoms with van der Waals surface area (Å²) in [7, 11) is 0. The van der Waals surface area contributed by atoms with E-state index < -0.39 is 0 Å². The number of halogens is 3. The van der Waals surface area contributed by atoms with E-state index in [1.807, 2.05) is 0 Å². The summed E-state index contributed by atoms with van der Waals surface area (Å²) in [5.74, 6) is -0.660. The Balaban J connectivity index is 2.18. The first-order chi connectivity index (χ1) is 9.58. The van der Waals surface area contributed by atoms with Gasteiger partial charge >= 0.3 is 0 Å². The van der Waals surface area contributed by atoms with Gasteiger partial charge in [-0.1, -0.05) is 29.3 Å². The molecular weight excluding hydrogens is 300 g/mol. The van der Waals surface area contributed by atoms with Gasteiger partial charge in [0, 0.05) is 22.7 Å². The Morgan fingerprint density at radius 1 is 1.10 bits per heavy atom. The van der Waals surface area contributed by atoms with Crippen LogP contribution in [0.3, 0.4) is 0 Å². The van der Waals surface area contributed by atoms with Gasteiger partial charge in [0.25, 0.3) is 0 Å². The van der Waals surface area contributed by atoms with Gasteiger partial charge in [-0.3, -0.25) is 4.79 Å². The van der Waals surface area contributed by atoms with Crippen LogP contribution in [0.2, 0.25) is 10.0 Å². The molecule has 0 bridgehead atoms. The SMILES string of the molecule is O=C(c1c(Cl)cccc1Cl)c1c[nH]c2cc(F)ccc12. The van der Waals surface area contributed by atoms with Crippen molar-refractivity contribution in [2.24, 2.45) is 0 Å². The molecule has 0 unspecified atom stereocenters. The normalized spacial score (nSPS) is 10.9. The standard InChI is InChI=1S/C15H8Cl2FNO/c16-11-2-1-3-12(17)14(11)15(20)10-7-19-13-6-8(18)4-5-9(10)13/h1-7,19H. The second-order valence-electron chi connectivity index (χ2n) is 4.32. The number of hydrogen-bond donors (Lipinski definition) is 1. The molecule has 1 heterocycles. The van der Waals surface area contributed by atoms with Crippen molar-refractivity contribution in [1.82, 2.24) is 4.98 Å². The van der Waals surface area contributed by atoms with E-state index in [0.717, 1.165) is 0 Å². The largest absolute Gasteiger partial charge is 0.360 e. The molecular formula is C15H8Cl2FNO. The summed E-state index contributed by atoms with van der Waals surface area (Å²) in [5, 5.41) is 1.21. The van der Waals surface area contributed by atoms with Crippen LogP contribution in [0.4, 0.5) is 4.39 Å². The fraction of sp³-hybridized carbons (Fsp3) is 0. The van der Waals surface area contributed by atoms with E-state index in [1.54, 1.807) is 24.3 Å². The number of rotatable bonds is 2. The van der Waals surface area contributed by atoms with E-state index in [4.69, 9.17) is 23.2 Å². The molecule has 0 atom stereocenters. The van der Waals surface area contributed by atoms with Gasteiger partial charge in [0.05, 0.1) is 15.6 Å². The Bertz CT molecular complexity index is 806. The van der Waals surface area contributed by atoms with Crippen molar-refractivity contribution in [2.75, 3.05) is 0 Å². The van der Waals surface area contributed by atoms with E-state index in [9.17, 15) is 9.18 Å². The molecule has 3 aromatic rings. The van der Waals surface area contributed by atoms with Crippen molar-refractivity contribution in [2.45, 2.75) is 0 Å². The molecule has 0 spiro atoms. The molecule has 0 fully saturated rings. The third-order valence-electron chi connectivity index (χ3n) is 3.08. The monoisotopic (exact) mass is 307 g/mol. The van der Waals surface area contributed by atoms with Crippen molar-refractivity contribution in [1.29, 1.82) is 0 Å². The quantitative estimate of drug-likeness (QED) is 0.675. The number of fused-ring (bicyclic) bond motifs is 1. The minimum absolute atomic E-state index is 0.251. The lowest BCUT2D eigenvalue weighted by Crippen LogP contribution is -2.02. The Morgan fingerprint density at radius 2 is 1.80 bits per heavy atom. The molecule has 1 aromatic heterocycles. The molecule has 1 N–H and O–H groups in total. The fourth-order valence-electron chi connectivity index (χ4n) is 2.14. The third-order valence-corrected chi connectivity index (χ3v) is 3.71. The van der Waals surface area contributed by atoms with E-state index in [1.165, 1.54) is 18.3 Å². The predicted octanol–water partition coefficient (Wildman–Crippen LogP) is 4.84. The summed E-state index contributed by atoms with van der Waals surface area (Å²) in [4.78, 5) is 15.4. The van der Waals surface area contributed by atoms with Crippen LogP contribution in [0, 0.1) is 5.82 Å². The van der Waals surface area contributed by atoms with Gasteiger partial charge in [-0.05, 0) is 30.3 Å². The Kier molecular flexibility index (Phi) is 3.24. The van der Waals surface area contributed by atoms with Crippen LogP contribution < -0.4 is 0 Å². The lowest BCUT2D eigenvalue weighted by atomic mass is 10.0. The number of benzene rings is 2. The van der Waals surface area contributed by atoms with Crippen LogP contribution in [-0.4, -0.2) is 10.8 Å². The Labute approximate surface area is 124 Å². The highest BCUT2D eigenvalue weighted by atomic mass is 35.5. The molecule has 0 aliphatic heterocycles. The molecule has 5 heteroatoms. The van der Waals surface area contributed by atoms with Crippen LogP contribution in [0.1, 0.15) is 15.9 Å². The van der Waals surface area contributed by atoms with Crippen molar-refractivity contribution in [3.05, 3.63) is 69.6 Å². The average Bonchev–Trinajstić information content (AvgIpc) is 2.81. The number of nitrogens with one attached hydrogen (secondary N) is 1. The predicted molar refractivity (Wildman–Crippen MR) is 78.2 cm³/mol. The van der Waals surface area contributed by atoms with Crippen LogP contribution in [0.25, 0.3) is 10.9 Å². The maximum atomic E-state index is 13.2. The molecule has 2 aromatic carbocycles. The van der Waals surface area contributed by atoms with Gasteiger partial charge in [0.15, 0.2) is 5.78 Å². The molecule has 2 nitrogen and oxygen atoms in total. The zero-order valence-electron chi connectivity index (χ0n) is 10.1. The summed E-state index contributed by atoms with van der Waals surface area (Å²) < 4.78 is 13.2. The zero-order valence-corrected chi connectivity index (χ0v) is 11.6. The number of aromatic amines is 1. The molecule has 100 valence electrons. The second-order valence-corrected chi connectivity index (χ2v) is 5.13. The minimum atomic E-state index is -0.367. The lowest BCUT2D eigenvalue weighted by molar-refractivity contribution is 0.104. The maximum absolute atomic E-state index is 13.2. The van der Waals surface area contributed by atoms with Crippen molar-refractivity contribution in [3.63, 3.8) is 0 Å². The van der Waals surface area contributed by atoms with E-state index in [2.05, 4.69) is 4.98 Å². The van der Waals surface area contributed by atoms with Crippen LogP contribution in [0.15, 0.2) is 42.6 Å². The van der Waals surface area contributed by atoms with Gasteiger partial charge < -0.3 is 4.98 Å². The Hall–Kier alpha value is -1.84. The first-order valence-corrected chi connectivity index (χ1v) is 6.59. The minimum Gasteiger partial charge on any atom is -0.360 e. The zero-order chi connectivity index (χ0) is 14.3. The van der Waals surface area contributed by atoms with Gasteiger partial charge in [0.2, 0.25) is 0 Å². The molecule has 0 aliphatic rings. The molecule has 3 rings (SSSR count). The van der Waals surface area contributed by atoms with Crippen molar-refractivity contribution < 1.29 is 9.18 Å². The van der Waals surface area contributed by atoms with E-state index in [0.29, 0.717) is 26.5 Å². The maximum Gasteiger partial charge on any atom is 0.198 e. The highest BCUT2D eigenvalue weighted by Gasteiger charge is 2.19. The molecule has 20 heavy (non-hydrogen) atoms. The molecule has 0 radical (unpaired) electrons. The van der Waals surface area contributed by atoms with Crippen molar-refractivity contribution in [3.8, 4) is 0 Å². The summed E-state index contributed by atoms with van der Waals surface area (Å²) in [5.41, 5.74) is 1.22. The van der Waals surface area contributed by atoms with Crippen LogP contribution >= 0.6 is 23.2 Å². The first kappa shape index (κ1) is 13.2.